The number of nitrogens with one attached hydrogen (secondary N) is 1. The fourth-order valence-corrected chi connectivity index (χ4v) is 3.06. The van der Waals surface area contributed by atoms with E-state index in [0.717, 1.165) is 19.3 Å². The van der Waals surface area contributed by atoms with E-state index in [-0.39, 0.29) is 17.0 Å². The first-order valence-corrected chi connectivity index (χ1v) is 6.67. The van der Waals surface area contributed by atoms with Crippen LogP contribution in [-0.4, -0.2) is 36.8 Å². The van der Waals surface area contributed by atoms with Crippen molar-refractivity contribution in [2.24, 2.45) is 0 Å². The molecule has 0 saturated carbocycles. The molecule has 1 N–H and O–H groups in total. The molecule has 6 heteroatoms. The quantitative estimate of drug-likeness (QED) is 0.831. The Kier molecular flexibility index (Phi) is 3.06. The Morgan fingerprint density at radius 1 is 1.53 bits per heavy atom. The molecule has 1 atom stereocenters. The summed E-state index contributed by atoms with van der Waals surface area (Å²) in [6.07, 6.45) is 5.66. The number of imidazole rings is 1. The van der Waals surface area contributed by atoms with Crippen LogP contribution in [0.5, 0.6) is 0 Å². The zero-order valence-corrected chi connectivity index (χ0v) is 9.16. The van der Waals surface area contributed by atoms with Crippen molar-refractivity contribution in [1.82, 2.24) is 9.97 Å². The number of aromatic nitrogens is 2. The molecule has 1 aromatic rings. The van der Waals surface area contributed by atoms with Crippen molar-refractivity contribution < 1.29 is 13.2 Å². The molecule has 15 heavy (non-hydrogen) atoms. The second-order valence-electron chi connectivity index (χ2n) is 3.66. The summed E-state index contributed by atoms with van der Waals surface area (Å²) in [4.78, 5) is 6.37. The molecule has 1 aliphatic heterocycles. The number of rotatable bonds is 3. The highest BCUT2D eigenvalue weighted by Gasteiger charge is 2.25. The molecule has 1 saturated heterocycles. The standard InChI is InChI=1S/C9H14N2O3S/c12-15(13,9-10-4-5-11-9)7-8-3-1-2-6-14-8/h4-5,8H,1-3,6-7H2,(H,10,11). The van der Waals surface area contributed by atoms with Crippen LogP contribution in [0, 0.1) is 0 Å². The fraction of sp³-hybridized carbons (Fsp3) is 0.667. The van der Waals surface area contributed by atoms with Crippen molar-refractivity contribution in [1.29, 1.82) is 0 Å². The van der Waals surface area contributed by atoms with Crippen LogP contribution in [0.4, 0.5) is 0 Å². The number of hydrogen-bond acceptors (Lipinski definition) is 4. The maximum Gasteiger partial charge on any atom is 0.225 e. The Balaban J connectivity index is 2.04. The van der Waals surface area contributed by atoms with E-state index in [0.29, 0.717) is 6.61 Å². The molecule has 84 valence electrons. The molecule has 1 fully saturated rings. The predicted molar refractivity (Wildman–Crippen MR) is 54.2 cm³/mol. The van der Waals surface area contributed by atoms with Gasteiger partial charge in [0.05, 0.1) is 11.9 Å². The summed E-state index contributed by atoms with van der Waals surface area (Å²) in [6, 6.07) is 0. The molecule has 1 aromatic heterocycles. The minimum Gasteiger partial charge on any atom is -0.377 e. The first-order chi connectivity index (χ1) is 7.18. The van der Waals surface area contributed by atoms with Gasteiger partial charge in [-0.2, -0.15) is 0 Å². The molecule has 0 spiro atoms. The van der Waals surface area contributed by atoms with Gasteiger partial charge in [0.1, 0.15) is 0 Å². The minimum atomic E-state index is -3.31. The van der Waals surface area contributed by atoms with Gasteiger partial charge in [0, 0.05) is 19.0 Å². The Morgan fingerprint density at radius 3 is 3.00 bits per heavy atom. The van der Waals surface area contributed by atoms with Crippen molar-refractivity contribution in [2.75, 3.05) is 12.4 Å². The summed E-state index contributed by atoms with van der Waals surface area (Å²) in [5, 5.41) is 0.0386. The van der Waals surface area contributed by atoms with Crippen molar-refractivity contribution in [3.05, 3.63) is 12.4 Å². The normalized spacial score (nSPS) is 22.8. The number of aromatic amines is 1. The second-order valence-corrected chi connectivity index (χ2v) is 5.61. The first kappa shape index (κ1) is 10.6. The molecule has 2 rings (SSSR count). The van der Waals surface area contributed by atoms with Gasteiger partial charge in [0.2, 0.25) is 15.0 Å². The Labute approximate surface area is 88.8 Å². The summed E-state index contributed by atoms with van der Waals surface area (Å²) in [6.45, 7) is 0.665. The van der Waals surface area contributed by atoms with Gasteiger partial charge in [-0.15, -0.1) is 0 Å². The first-order valence-electron chi connectivity index (χ1n) is 5.02. The van der Waals surface area contributed by atoms with Gasteiger partial charge >= 0.3 is 0 Å². The summed E-state index contributed by atoms with van der Waals surface area (Å²) < 4.78 is 29.0. The molecule has 1 unspecified atom stereocenters. The average molecular weight is 230 g/mol. The summed E-state index contributed by atoms with van der Waals surface area (Å²) in [5.41, 5.74) is 0. The zero-order chi connectivity index (χ0) is 10.7. The van der Waals surface area contributed by atoms with Gasteiger partial charge in [0.25, 0.3) is 0 Å². The average Bonchev–Trinajstić information content (AvgIpc) is 2.71. The van der Waals surface area contributed by atoms with E-state index < -0.39 is 9.84 Å². The molecule has 5 nitrogen and oxygen atoms in total. The third-order valence-corrected chi connectivity index (χ3v) is 4.07. The van der Waals surface area contributed by atoms with Crippen LogP contribution in [0.25, 0.3) is 0 Å². The van der Waals surface area contributed by atoms with Crippen LogP contribution in [0.3, 0.4) is 0 Å². The number of ether oxygens (including phenoxy) is 1. The molecule has 0 amide bonds. The zero-order valence-electron chi connectivity index (χ0n) is 8.35. The third-order valence-electron chi connectivity index (χ3n) is 2.45. The second kappa shape index (κ2) is 4.32. The summed E-state index contributed by atoms with van der Waals surface area (Å²) in [5.74, 6) is 0.0283. The lowest BCUT2D eigenvalue weighted by molar-refractivity contribution is 0.0304. The van der Waals surface area contributed by atoms with E-state index in [1.807, 2.05) is 0 Å². The Hall–Kier alpha value is -0.880. The Morgan fingerprint density at radius 2 is 2.40 bits per heavy atom. The van der Waals surface area contributed by atoms with Crippen LogP contribution < -0.4 is 0 Å². The van der Waals surface area contributed by atoms with Crippen LogP contribution in [0.15, 0.2) is 17.6 Å². The molecule has 0 aromatic carbocycles. The molecule has 2 heterocycles. The van der Waals surface area contributed by atoms with Gasteiger partial charge in [-0.25, -0.2) is 13.4 Å². The van der Waals surface area contributed by atoms with E-state index >= 15 is 0 Å². The van der Waals surface area contributed by atoms with E-state index in [9.17, 15) is 8.42 Å². The van der Waals surface area contributed by atoms with E-state index in [1.165, 1.54) is 12.4 Å². The van der Waals surface area contributed by atoms with Crippen molar-refractivity contribution in [3.8, 4) is 0 Å². The lowest BCUT2D eigenvalue weighted by Gasteiger charge is -2.21. The summed E-state index contributed by atoms with van der Waals surface area (Å²) in [7, 11) is -3.31. The number of H-pyrrole nitrogens is 1. The number of sulfone groups is 1. The number of hydrogen-bond donors (Lipinski definition) is 1. The molecule has 0 aliphatic carbocycles. The SMILES string of the molecule is O=S(=O)(CC1CCCCO1)c1ncc[nH]1. The third kappa shape index (κ3) is 2.57. The van der Waals surface area contributed by atoms with Gasteiger partial charge in [-0.1, -0.05) is 0 Å². The van der Waals surface area contributed by atoms with Crippen LogP contribution in [0.1, 0.15) is 19.3 Å². The monoisotopic (exact) mass is 230 g/mol. The number of nitrogens with zero attached hydrogens (tertiary/aromatic N) is 1. The smallest absolute Gasteiger partial charge is 0.225 e. The highest BCUT2D eigenvalue weighted by atomic mass is 32.2. The molecular weight excluding hydrogens is 216 g/mol. The lowest BCUT2D eigenvalue weighted by Crippen LogP contribution is -2.28. The van der Waals surface area contributed by atoms with Crippen LogP contribution >= 0.6 is 0 Å². The van der Waals surface area contributed by atoms with E-state index in [4.69, 9.17) is 4.74 Å². The van der Waals surface area contributed by atoms with Crippen LogP contribution in [-0.2, 0) is 14.6 Å². The van der Waals surface area contributed by atoms with Crippen molar-refractivity contribution in [3.63, 3.8) is 0 Å². The summed E-state index contributed by atoms with van der Waals surface area (Å²) >= 11 is 0. The fourth-order valence-electron chi connectivity index (χ4n) is 1.68. The predicted octanol–water partition coefficient (Wildman–Crippen LogP) is 0.752. The van der Waals surface area contributed by atoms with E-state index in [2.05, 4.69) is 9.97 Å². The van der Waals surface area contributed by atoms with Gasteiger partial charge < -0.3 is 9.72 Å². The maximum atomic E-state index is 11.8. The van der Waals surface area contributed by atoms with Gasteiger partial charge in [0.15, 0.2) is 0 Å². The molecule has 0 bridgehead atoms. The van der Waals surface area contributed by atoms with Crippen molar-refractivity contribution >= 4 is 9.84 Å². The molecule has 0 radical (unpaired) electrons. The largest absolute Gasteiger partial charge is 0.377 e. The van der Waals surface area contributed by atoms with Crippen molar-refractivity contribution in [2.45, 2.75) is 30.5 Å². The highest BCUT2D eigenvalue weighted by Crippen LogP contribution is 2.16. The van der Waals surface area contributed by atoms with Gasteiger partial charge in [-0.3, -0.25) is 0 Å². The molecular formula is C9H14N2O3S. The highest BCUT2D eigenvalue weighted by molar-refractivity contribution is 7.91. The maximum absolute atomic E-state index is 11.8. The van der Waals surface area contributed by atoms with Crippen LogP contribution in [0.2, 0.25) is 0 Å². The lowest BCUT2D eigenvalue weighted by atomic mass is 10.1. The van der Waals surface area contributed by atoms with Gasteiger partial charge in [-0.05, 0) is 19.3 Å². The Bertz CT molecular complexity index is 393. The minimum absolute atomic E-state index is 0.0283. The van der Waals surface area contributed by atoms with E-state index in [1.54, 1.807) is 0 Å². The molecule has 1 aliphatic rings. The topological polar surface area (TPSA) is 72.1 Å².